The smallest absolute Gasteiger partial charge is 0.352 e. The molecule has 0 saturated heterocycles. The van der Waals surface area contributed by atoms with Crippen molar-refractivity contribution >= 4 is 5.69 Å². The van der Waals surface area contributed by atoms with Crippen molar-refractivity contribution in [1.29, 1.82) is 0 Å². The topological polar surface area (TPSA) is 81.8 Å². The van der Waals surface area contributed by atoms with Crippen LogP contribution < -0.4 is 9.47 Å². The Labute approximate surface area is 121 Å². The van der Waals surface area contributed by atoms with E-state index in [1.54, 1.807) is 6.07 Å². The number of rotatable bonds is 6. The molecule has 110 valence electrons. The summed E-state index contributed by atoms with van der Waals surface area (Å²) in [5.41, 5.74) is -0.209. The van der Waals surface area contributed by atoms with Gasteiger partial charge in [0.25, 0.3) is 0 Å². The molecule has 0 bridgehead atoms. The lowest BCUT2D eigenvalue weighted by molar-refractivity contribution is -0.386. The maximum atomic E-state index is 11.3. The number of nitro benzene ring substituents is 1. The van der Waals surface area contributed by atoms with Gasteiger partial charge in [0.15, 0.2) is 0 Å². The van der Waals surface area contributed by atoms with Gasteiger partial charge in [0.1, 0.15) is 11.5 Å². The SMILES string of the molecule is CCCOc1cccc(Oc2ccc(O)cc2)c1[N+](=O)[O-]. The second kappa shape index (κ2) is 6.60. The highest BCUT2D eigenvalue weighted by atomic mass is 16.6. The van der Waals surface area contributed by atoms with Crippen LogP contribution in [-0.4, -0.2) is 16.6 Å². The summed E-state index contributed by atoms with van der Waals surface area (Å²) in [6.07, 6.45) is 0.750. The van der Waals surface area contributed by atoms with Crippen molar-refractivity contribution in [2.75, 3.05) is 6.61 Å². The Morgan fingerprint density at radius 1 is 1.14 bits per heavy atom. The van der Waals surface area contributed by atoms with Crippen LogP contribution in [0, 0.1) is 10.1 Å². The third kappa shape index (κ3) is 3.62. The Balaban J connectivity index is 2.33. The van der Waals surface area contributed by atoms with Gasteiger partial charge in [-0.05, 0) is 42.8 Å². The lowest BCUT2D eigenvalue weighted by atomic mass is 10.2. The Morgan fingerprint density at radius 2 is 1.81 bits per heavy atom. The van der Waals surface area contributed by atoms with Crippen molar-refractivity contribution in [3.63, 3.8) is 0 Å². The summed E-state index contributed by atoms with van der Waals surface area (Å²) in [5, 5.41) is 20.5. The molecule has 0 heterocycles. The van der Waals surface area contributed by atoms with Gasteiger partial charge in [-0.15, -0.1) is 0 Å². The van der Waals surface area contributed by atoms with Gasteiger partial charge in [0, 0.05) is 0 Å². The highest BCUT2D eigenvalue weighted by Gasteiger charge is 2.22. The molecule has 6 heteroatoms. The molecule has 2 aromatic rings. The number of ether oxygens (including phenoxy) is 2. The molecule has 21 heavy (non-hydrogen) atoms. The van der Waals surface area contributed by atoms with Gasteiger partial charge in [-0.25, -0.2) is 0 Å². The molecule has 2 aromatic carbocycles. The Morgan fingerprint density at radius 3 is 2.43 bits per heavy atom. The standard InChI is InChI=1S/C15H15NO5/c1-2-10-20-13-4-3-5-14(15(13)16(18)19)21-12-8-6-11(17)7-9-12/h3-9,17H,2,10H2,1H3. The number of nitro groups is 1. The van der Waals surface area contributed by atoms with Gasteiger partial charge < -0.3 is 14.6 Å². The second-order valence-electron chi connectivity index (χ2n) is 4.30. The first-order valence-electron chi connectivity index (χ1n) is 6.49. The third-order valence-corrected chi connectivity index (χ3v) is 2.67. The molecule has 0 aliphatic rings. The van der Waals surface area contributed by atoms with Gasteiger partial charge in [-0.2, -0.15) is 0 Å². The summed E-state index contributed by atoms with van der Waals surface area (Å²) in [4.78, 5) is 10.7. The molecule has 2 rings (SSSR count). The van der Waals surface area contributed by atoms with Crippen molar-refractivity contribution < 1.29 is 19.5 Å². The molecule has 0 aromatic heterocycles. The van der Waals surface area contributed by atoms with E-state index >= 15 is 0 Å². The largest absolute Gasteiger partial charge is 0.508 e. The van der Waals surface area contributed by atoms with E-state index in [0.717, 1.165) is 6.42 Å². The summed E-state index contributed by atoms with van der Waals surface area (Å²) in [5.74, 6) is 0.762. The van der Waals surface area contributed by atoms with Crippen LogP contribution in [0.2, 0.25) is 0 Å². The molecule has 1 N–H and O–H groups in total. The summed E-state index contributed by atoms with van der Waals surface area (Å²) < 4.78 is 10.9. The van der Waals surface area contributed by atoms with Gasteiger partial charge >= 0.3 is 5.69 Å². The molecule has 0 amide bonds. The van der Waals surface area contributed by atoms with E-state index in [0.29, 0.717) is 12.4 Å². The van der Waals surface area contributed by atoms with Gasteiger partial charge in [0.05, 0.1) is 11.5 Å². The summed E-state index contributed by atoms with van der Waals surface area (Å²) in [6.45, 7) is 2.31. The minimum atomic E-state index is -0.527. The fourth-order valence-corrected chi connectivity index (χ4v) is 1.73. The van der Waals surface area contributed by atoms with Crippen LogP contribution in [0.25, 0.3) is 0 Å². The zero-order valence-electron chi connectivity index (χ0n) is 11.5. The number of nitrogens with zero attached hydrogens (tertiary/aromatic N) is 1. The maximum Gasteiger partial charge on any atom is 0.352 e. The molecule has 0 unspecified atom stereocenters. The van der Waals surface area contributed by atoms with Crippen molar-refractivity contribution in [1.82, 2.24) is 0 Å². The number of benzene rings is 2. The number of hydrogen-bond acceptors (Lipinski definition) is 5. The minimum Gasteiger partial charge on any atom is -0.508 e. The summed E-state index contributed by atoms with van der Waals surface area (Å²) in [6, 6.07) is 10.6. The molecular weight excluding hydrogens is 274 g/mol. The molecule has 0 spiro atoms. The van der Waals surface area contributed by atoms with Crippen LogP contribution in [0.1, 0.15) is 13.3 Å². The normalized spacial score (nSPS) is 10.1. The average Bonchev–Trinajstić information content (AvgIpc) is 2.47. The highest BCUT2D eigenvalue weighted by Crippen LogP contribution is 2.39. The zero-order valence-corrected chi connectivity index (χ0v) is 11.5. The van der Waals surface area contributed by atoms with Crippen LogP contribution in [0.15, 0.2) is 42.5 Å². The first kappa shape index (κ1) is 14.6. The molecule has 0 aliphatic carbocycles. The zero-order chi connectivity index (χ0) is 15.2. The van der Waals surface area contributed by atoms with Crippen LogP contribution in [0.5, 0.6) is 23.0 Å². The first-order chi connectivity index (χ1) is 10.1. The van der Waals surface area contributed by atoms with E-state index in [-0.39, 0.29) is 22.9 Å². The number of aromatic hydroxyl groups is 1. The van der Waals surface area contributed by atoms with Gasteiger partial charge in [-0.1, -0.05) is 13.0 Å². The van der Waals surface area contributed by atoms with E-state index in [2.05, 4.69) is 0 Å². The fraction of sp³-hybridized carbons (Fsp3) is 0.200. The number of phenols is 1. The number of phenolic OH excluding ortho intramolecular Hbond substituents is 1. The molecule has 0 fully saturated rings. The molecule has 0 aliphatic heterocycles. The molecular formula is C15H15NO5. The predicted octanol–water partition coefficient (Wildman–Crippen LogP) is 3.88. The van der Waals surface area contributed by atoms with E-state index in [1.807, 2.05) is 6.92 Å². The van der Waals surface area contributed by atoms with Crippen molar-refractivity contribution in [3.05, 3.63) is 52.6 Å². The Bertz CT molecular complexity index is 624. The first-order valence-corrected chi connectivity index (χ1v) is 6.49. The summed E-state index contributed by atoms with van der Waals surface area (Å²) >= 11 is 0. The van der Waals surface area contributed by atoms with Crippen LogP contribution in [-0.2, 0) is 0 Å². The quantitative estimate of drug-likeness (QED) is 0.644. The Kier molecular flexibility index (Phi) is 4.61. The van der Waals surface area contributed by atoms with E-state index in [4.69, 9.17) is 9.47 Å². The monoisotopic (exact) mass is 289 g/mol. The van der Waals surface area contributed by atoms with Crippen molar-refractivity contribution in [3.8, 4) is 23.0 Å². The maximum absolute atomic E-state index is 11.3. The van der Waals surface area contributed by atoms with E-state index < -0.39 is 4.92 Å². The molecule has 0 saturated carbocycles. The van der Waals surface area contributed by atoms with Crippen LogP contribution >= 0.6 is 0 Å². The lowest BCUT2D eigenvalue weighted by Crippen LogP contribution is -2.01. The number of hydrogen-bond donors (Lipinski definition) is 1. The summed E-state index contributed by atoms with van der Waals surface area (Å²) in [7, 11) is 0. The fourth-order valence-electron chi connectivity index (χ4n) is 1.73. The molecule has 0 radical (unpaired) electrons. The van der Waals surface area contributed by atoms with Crippen molar-refractivity contribution in [2.24, 2.45) is 0 Å². The van der Waals surface area contributed by atoms with E-state index in [9.17, 15) is 15.2 Å². The van der Waals surface area contributed by atoms with Crippen LogP contribution in [0.4, 0.5) is 5.69 Å². The van der Waals surface area contributed by atoms with Crippen LogP contribution in [0.3, 0.4) is 0 Å². The Hall–Kier alpha value is -2.76. The molecule has 0 atom stereocenters. The lowest BCUT2D eigenvalue weighted by Gasteiger charge is -2.10. The minimum absolute atomic E-state index is 0.0943. The molecule has 6 nitrogen and oxygen atoms in total. The highest BCUT2D eigenvalue weighted by molar-refractivity contribution is 5.58. The number of para-hydroxylation sites is 1. The predicted molar refractivity (Wildman–Crippen MR) is 77.1 cm³/mol. The van der Waals surface area contributed by atoms with Crippen molar-refractivity contribution in [2.45, 2.75) is 13.3 Å². The van der Waals surface area contributed by atoms with Gasteiger partial charge in [-0.3, -0.25) is 10.1 Å². The second-order valence-corrected chi connectivity index (χ2v) is 4.30. The van der Waals surface area contributed by atoms with E-state index in [1.165, 1.54) is 36.4 Å². The van der Waals surface area contributed by atoms with Gasteiger partial charge in [0.2, 0.25) is 11.5 Å². The third-order valence-electron chi connectivity index (χ3n) is 2.67. The average molecular weight is 289 g/mol.